The Labute approximate surface area is 166 Å². The van der Waals surface area contributed by atoms with Gasteiger partial charge in [-0.25, -0.2) is 0 Å². The molecule has 6 nitrogen and oxygen atoms in total. The Morgan fingerprint density at radius 3 is 3.00 bits per heavy atom. The molecule has 26 heavy (non-hydrogen) atoms. The highest BCUT2D eigenvalue weighted by molar-refractivity contribution is 8.01. The van der Waals surface area contributed by atoms with Gasteiger partial charge in [0.2, 0.25) is 16.9 Å². The van der Waals surface area contributed by atoms with Crippen molar-refractivity contribution in [2.45, 2.75) is 16.6 Å². The van der Waals surface area contributed by atoms with Crippen molar-refractivity contribution in [1.82, 2.24) is 10.2 Å². The molecule has 0 saturated heterocycles. The first-order valence-corrected chi connectivity index (χ1v) is 10.5. The molecule has 1 aliphatic heterocycles. The van der Waals surface area contributed by atoms with E-state index in [9.17, 15) is 9.59 Å². The van der Waals surface area contributed by atoms with Gasteiger partial charge in [-0.05, 0) is 29.6 Å². The van der Waals surface area contributed by atoms with Crippen LogP contribution in [0.15, 0.2) is 39.9 Å². The summed E-state index contributed by atoms with van der Waals surface area (Å²) in [6, 6.07) is 7.24. The van der Waals surface area contributed by atoms with Crippen LogP contribution in [0.4, 0.5) is 10.8 Å². The third-order valence-corrected chi connectivity index (χ3v) is 6.65. The number of nitrogens with one attached hydrogen (secondary N) is 2. The quantitative estimate of drug-likeness (QED) is 0.652. The van der Waals surface area contributed by atoms with Gasteiger partial charge in [-0.15, -0.1) is 22.0 Å². The highest BCUT2D eigenvalue weighted by atomic mass is 35.5. The monoisotopic (exact) mass is 422 g/mol. The van der Waals surface area contributed by atoms with Crippen LogP contribution in [0.2, 0.25) is 5.02 Å². The Kier molecular flexibility index (Phi) is 4.94. The minimum atomic E-state index is -0.507. The molecule has 4 rings (SSSR count). The van der Waals surface area contributed by atoms with Crippen LogP contribution in [0, 0.1) is 0 Å². The van der Waals surface area contributed by atoms with Crippen LogP contribution in [0.5, 0.6) is 0 Å². The zero-order valence-electron chi connectivity index (χ0n) is 13.1. The van der Waals surface area contributed by atoms with Gasteiger partial charge in [-0.1, -0.05) is 22.9 Å². The van der Waals surface area contributed by atoms with E-state index in [2.05, 4.69) is 20.8 Å². The number of thioether (sulfide) groups is 1. The molecule has 1 unspecified atom stereocenters. The number of amides is 2. The van der Waals surface area contributed by atoms with Gasteiger partial charge < -0.3 is 10.6 Å². The topological polar surface area (TPSA) is 84.0 Å². The first-order chi connectivity index (χ1) is 12.6. The average Bonchev–Trinajstić information content (AvgIpc) is 3.27. The summed E-state index contributed by atoms with van der Waals surface area (Å²) in [7, 11) is 0. The van der Waals surface area contributed by atoms with Gasteiger partial charge in [0, 0.05) is 27.3 Å². The van der Waals surface area contributed by atoms with E-state index in [1.54, 1.807) is 23.5 Å². The molecule has 10 heteroatoms. The number of rotatable bonds is 4. The molecule has 0 spiro atoms. The van der Waals surface area contributed by atoms with E-state index >= 15 is 0 Å². The van der Waals surface area contributed by atoms with E-state index in [4.69, 9.17) is 11.6 Å². The van der Waals surface area contributed by atoms with Crippen LogP contribution >= 0.6 is 46.0 Å². The van der Waals surface area contributed by atoms with Crippen LogP contribution in [0.25, 0.3) is 10.6 Å². The SMILES string of the molecule is O=C(CC1Sc2ccc(Cl)cc2NC1=O)Nc1nnc(-c2ccsc2)s1. The van der Waals surface area contributed by atoms with Crippen LogP contribution in [0.3, 0.4) is 0 Å². The van der Waals surface area contributed by atoms with Gasteiger partial charge in [0.15, 0.2) is 0 Å². The molecule has 0 aliphatic carbocycles. The lowest BCUT2D eigenvalue weighted by Crippen LogP contribution is -2.32. The molecule has 132 valence electrons. The Bertz CT molecular complexity index is 974. The molecule has 1 aromatic carbocycles. The Hall–Kier alpha value is -1.94. The predicted molar refractivity (Wildman–Crippen MR) is 106 cm³/mol. The fourth-order valence-electron chi connectivity index (χ4n) is 2.37. The summed E-state index contributed by atoms with van der Waals surface area (Å²) < 4.78 is 0. The van der Waals surface area contributed by atoms with Crippen molar-refractivity contribution in [2.75, 3.05) is 10.6 Å². The summed E-state index contributed by atoms with van der Waals surface area (Å²) in [5.74, 6) is -0.487. The lowest BCUT2D eigenvalue weighted by molar-refractivity contribution is -0.120. The number of aromatic nitrogens is 2. The number of halogens is 1. The molecule has 1 atom stereocenters. The van der Waals surface area contributed by atoms with E-state index in [1.165, 1.54) is 23.1 Å². The van der Waals surface area contributed by atoms with Gasteiger partial charge in [0.25, 0.3) is 0 Å². The molecule has 3 heterocycles. The standard InChI is InChI=1S/C16H11ClN4O2S3/c17-9-1-2-11-10(5-9)18-14(23)12(25-11)6-13(22)19-16-21-20-15(26-16)8-3-4-24-7-8/h1-5,7,12H,6H2,(H,18,23)(H,19,21,22). The van der Waals surface area contributed by atoms with E-state index < -0.39 is 5.25 Å². The van der Waals surface area contributed by atoms with Crippen LogP contribution in [0.1, 0.15) is 6.42 Å². The van der Waals surface area contributed by atoms with Crippen molar-refractivity contribution in [2.24, 2.45) is 0 Å². The Morgan fingerprint density at radius 1 is 1.31 bits per heavy atom. The number of thiophene rings is 1. The molecule has 2 aromatic heterocycles. The molecule has 0 radical (unpaired) electrons. The Morgan fingerprint density at radius 2 is 2.19 bits per heavy atom. The second-order valence-corrected chi connectivity index (χ2v) is 8.85. The maximum atomic E-state index is 12.3. The maximum Gasteiger partial charge on any atom is 0.238 e. The number of hydrogen-bond donors (Lipinski definition) is 2. The van der Waals surface area contributed by atoms with E-state index in [1.807, 2.05) is 22.9 Å². The third kappa shape index (κ3) is 3.75. The van der Waals surface area contributed by atoms with E-state index in [0.29, 0.717) is 15.8 Å². The Balaban J connectivity index is 1.40. The largest absolute Gasteiger partial charge is 0.324 e. The van der Waals surface area contributed by atoms with Crippen LogP contribution in [-0.4, -0.2) is 27.3 Å². The van der Waals surface area contributed by atoms with Gasteiger partial charge >= 0.3 is 0 Å². The van der Waals surface area contributed by atoms with Crippen molar-refractivity contribution in [1.29, 1.82) is 0 Å². The highest BCUT2D eigenvalue weighted by Crippen LogP contribution is 2.38. The number of fused-ring (bicyclic) bond motifs is 1. The van der Waals surface area contributed by atoms with Crippen molar-refractivity contribution in [3.8, 4) is 10.6 Å². The molecule has 0 saturated carbocycles. The number of benzene rings is 1. The lowest BCUT2D eigenvalue weighted by atomic mass is 10.2. The van der Waals surface area contributed by atoms with Gasteiger partial charge in [0.05, 0.1) is 10.9 Å². The lowest BCUT2D eigenvalue weighted by Gasteiger charge is -2.23. The first kappa shape index (κ1) is 17.5. The highest BCUT2D eigenvalue weighted by Gasteiger charge is 2.29. The van der Waals surface area contributed by atoms with Crippen LogP contribution < -0.4 is 10.6 Å². The number of carbonyl (C=O) groups excluding carboxylic acids is 2. The number of hydrogen-bond acceptors (Lipinski definition) is 7. The minimum Gasteiger partial charge on any atom is -0.324 e. The van der Waals surface area contributed by atoms with Gasteiger partial charge in [0.1, 0.15) is 5.01 Å². The maximum absolute atomic E-state index is 12.3. The van der Waals surface area contributed by atoms with Crippen molar-refractivity contribution in [3.63, 3.8) is 0 Å². The molecule has 0 fully saturated rings. The second-order valence-electron chi connectivity index (χ2n) is 5.41. The van der Waals surface area contributed by atoms with Gasteiger partial charge in [-0.3, -0.25) is 9.59 Å². The molecule has 2 N–H and O–H groups in total. The zero-order valence-corrected chi connectivity index (χ0v) is 16.3. The predicted octanol–water partition coefficient (Wildman–Crippen LogP) is 4.36. The summed E-state index contributed by atoms with van der Waals surface area (Å²) in [4.78, 5) is 25.4. The summed E-state index contributed by atoms with van der Waals surface area (Å²) in [6.45, 7) is 0. The smallest absolute Gasteiger partial charge is 0.238 e. The van der Waals surface area contributed by atoms with Gasteiger partial charge in [-0.2, -0.15) is 11.3 Å². The summed E-state index contributed by atoms with van der Waals surface area (Å²) in [5.41, 5.74) is 1.65. The molecule has 3 aromatic rings. The summed E-state index contributed by atoms with van der Waals surface area (Å²) >= 11 is 10.2. The average molecular weight is 423 g/mol. The summed E-state index contributed by atoms with van der Waals surface area (Å²) in [5, 5.41) is 18.7. The zero-order chi connectivity index (χ0) is 18.1. The van der Waals surface area contributed by atoms with Crippen molar-refractivity contribution < 1.29 is 9.59 Å². The minimum absolute atomic E-state index is 0.0476. The van der Waals surface area contributed by atoms with Crippen molar-refractivity contribution >= 4 is 68.7 Å². The number of carbonyl (C=O) groups is 2. The number of nitrogens with zero attached hydrogens (tertiary/aromatic N) is 2. The fraction of sp³-hybridized carbons (Fsp3) is 0.125. The molecule has 2 amide bonds. The number of anilines is 2. The normalized spacial score (nSPS) is 16.0. The van der Waals surface area contributed by atoms with E-state index in [-0.39, 0.29) is 18.2 Å². The molecular weight excluding hydrogens is 412 g/mol. The summed E-state index contributed by atoms with van der Waals surface area (Å²) in [6.07, 6.45) is 0.0476. The molecule has 1 aliphatic rings. The van der Waals surface area contributed by atoms with Crippen LogP contribution in [-0.2, 0) is 9.59 Å². The van der Waals surface area contributed by atoms with Crippen molar-refractivity contribution in [3.05, 3.63) is 40.0 Å². The second kappa shape index (κ2) is 7.36. The third-order valence-electron chi connectivity index (χ3n) is 3.57. The fourth-order valence-corrected chi connectivity index (χ4v) is 5.11. The first-order valence-electron chi connectivity index (χ1n) is 7.51. The van der Waals surface area contributed by atoms with E-state index in [0.717, 1.165) is 15.5 Å². The molecular formula is C16H11ClN4O2S3. The molecule has 0 bridgehead atoms.